The highest BCUT2D eigenvalue weighted by Gasteiger charge is 2.13. The fourth-order valence-electron chi connectivity index (χ4n) is 3.30. The summed E-state index contributed by atoms with van der Waals surface area (Å²) in [5.41, 5.74) is 0. The highest BCUT2D eigenvalue weighted by atomic mass is 32.1. The quantitative estimate of drug-likeness (QED) is 0.177. The third-order valence-electron chi connectivity index (χ3n) is 5.40. The fourth-order valence-corrected chi connectivity index (χ4v) is 3.48. The summed E-state index contributed by atoms with van der Waals surface area (Å²) in [7, 11) is 0. The van der Waals surface area contributed by atoms with Gasteiger partial charge in [0, 0.05) is 5.92 Å². The summed E-state index contributed by atoms with van der Waals surface area (Å²) < 4.78 is 5.93. The molecule has 0 heterocycles. The van der Waals surface area contributed by atoms with E-state index in [-0.39, 0.29) is 0 Å². The third kappa shape index (κ3) is 15.8. The fraction of sp³-hybridized carbons (Fsp3) is 0.957. The van der Waals surface area contributed by atoms with Crippen molar-refractivity contribution in [1.29, 1.82) is 0 Å². The number of ether oxygens (including phenoxy) is 1. The SMILES string of the molecule is CCCCCCCCCCCCC(C)C(=S)OCC(CC)CCCC. The second-order valence-electron chi connectivity index (χ2n) is 7.92. The Labute approximate surface area is 164 Å². The predicted octanol–water partition coefficient (Wildman–Crippen LogP) is 8.49. The lowest BCUT2D eigenvalue weighted by Gasteiger charge is -2.19. The number of rotatable bonds is 18. The second-order valence-corrected chi connectivity index (χ2v) is 8.32. The van der Waals surface area contributed by atoms with Crippen LogP contribution in [0.1, 0.15) is 124 Å². The van der Waals surface area contributed by atoms with Crippen molar-refractivity contribution in [3.05, 3.63) is 0 Å². The minimum atomic E-state index is 0.438. The van der Waals surface area contributed by atoms with Gasteiger partial charge in [0.1, 0.15) is 0 Å². The van der Waals surface area contributed by atoms with Crippen LogP contribution in [-0.2, 0) is 4.74 Å². The van der Waals surface area contributed by atoms with Gasteiger partial charge in [0.15, 0.2) is 5.05 Å². The molecule has 0 saturated carbocycles. The van der Waals surface area contributed by atoms with E-state index in [9.17, 15) is 0 Å². The molecule has 1 nitrogen and oxygen atoms in total. The van der Waals surface area contributed by atoms with Crippen LogP contribution in [0, 0.1) is 11.8 Å². The zero-order valence-corrected chi connectivity index (χ0v) is 18.6. The molecule has 0 N–H and O–H groups in total. The van der Waals surface area contributed by atoms with Crippen LogP contribution in [0.25, 0.3) is 0 Å². The number of hydrogen-bond donors (Lipinski definition) is 0. The maximum atomic E-state index is 5.93. The molecular weight excluding hydrogens is 324 g/mol. The van der Waals surface area contributed by atoms with E-state index in [0.717, 1.165) is 11.7 Å². The maximum Gasteiger partial charge on any atom is 0.162 e. The lowest BCUT2D eigenvalue weighted by Crippen LogP contribution is -2.17. The molecule has 0 radical (unpaired) electrons. The molecule has 2 unspecified atom stereocenters. The molecule has 0 bridgehead atoms. The Bertz CT molecular complexity index is 290. The zero-order valence-electron chi connectivity index (χ0n) is 17.8. The van der Waals surface area contributed by atoms with Crippen molar-refractivity contribution in [2.24, 2.45) is 11.8 Å². The van der Waals surface area contributed by atoms with E-state index in [1.54, 1.807) is 0 Å². The minimum absolute atomic E-state index is 0.438. The molecule has 0 aromatic rings. The summed E-state index contributed by atoms with van der Waals surface area (Å²) in [5.74, 6) is 1.12. The van der Waals surface area contributed by atoms with Gasteiger partial charge in [0.05, 0.1) is 6.61 Å². The molecule has 0 aliphatic heterocycles. The smallest absolute Gasteiger partial charge is 0.162 e. The highest BCUT2D eigenvalue weighted by Crippen LogP contribution is 2.18. The van der Waals surface area contributed by atoms with Gasteiger partial charge in [-0.1, -0.05) is 111 Å². The predicted molar refractivity (Wildman–Crippen MR) is 117 cm³/mol. The Kier molecular flexibility index (Phi) is 18.6. The molecule has 0 amide bonds. The summed E-state index contributed by atoms with van der Waals surface area (Å²) in [6.45, 7) is 9.87. The minimum Gasteiger partial charge on any atom is -0.486 e. The molecular formula is C23H46OS. The van der Waals surface area contributed by atoms with Crippen molar-refractivity contribution < 1.29 is 4.74 Å². The lowest BCUT2D eigenvalue weighted by molar-refractivity contribution is 0.214. The van der Waals surface area contributed by atoms with Crippen molar-refractivity contribution in [2.45, 2.75) is 124 Å². The lowest BCUT2D eigenvalue weighted by atomic mass is 10.00. The monoisotopic (exact) mass is 370 g/mol. The van der Waals surface area contributed by atoms with E-state index < -0.39 is 0 Å². The molecule has 0 saturated heterocycles. The highest BCUT2D eigenvalue weighted by molar-refractivity contribution is 7.80. The molecule has 150 valence electrons. The Balaban J connectivity index is 3.54. The van der Waals surface area contributed by atoms with Crippen molar-refractivity contribution in [3.8, 4) is 0 Å². The van der Waals surface area contributed by atoms with E-state index in [4.69, 9.17) is 17.0 Å². The molecule has 0 aromatic heterocycles. The van der Waals surface area contributed by atoms with Crippen LogP contribution in [0.2, 0.25) is 0 Å². The van der Waals surface area contributed by atoms with Crippen LogP contribution in [0.15, 0.2) is 0 Å². The van der Waals surface area contributed by atoms with E-state index >= 15 is 0 Å². The number of thiocarbonyl (C=S) groups is 1. The van der Waals surface area contributed by atoms with Gasteiger partial charge in [-0.15, -0.1) is 0 Å². The zero-order chi connectivity index (χ0) is 18.8. The average Bonchev–Trinajstić information content (AvgIpc) is 2.63. The molecule has 0 aliphatic carbocycles. The van der Waals surface area contributed by atoms with Gasteiger partial charge in [-0.25, -0.2) is 0 Å². The van der Waals surface area contributed by atoms with Crippen molar-refractivity contribution in [3.63, 3.8) is 0 Å². The van der Waals surface area contributed by atoms with Crippen LogP contribution < -0.4 is 0 Å². The molecule has 0 spiro atoms. The van der Waals surface area contributed by atoms with E-state index in [1.807, 2.05) is 0 Å². The van der Waals surface area contributed by atoms with Crippen LogP contribution in [-0.4, -0.2) is 11.7 Å². The first kappa shape index (κ1) is 24.9. The molecule has 2 atom stereocenters. The first-order valence-corrected chi connectivity index (χ1v) is 11.7. The molecule has 2 heteroatoms. The summed E-state index contributed by atoms with van der Waals surface area (Å²) in [6, 6.07) is 0. The first-order valence-electron chi connectivity index (χ1n) is 11.3. The topological polar surface area (TPSA) is 9.23 Å². The Hall–Kier alpha value is -0.110. The van der Waals surface area contributed by atoms with Crippen molar-refractivity contribution >= 4 is 17.3 Å². The van der Waals surface area contributed by atoms with Gasteiger partial charge in [-0.05, 0) is 31.0 Å². The van der Waals surface area contributed by atoms with Crippen LogP contribution >= 0.6 is 12.2 Å². The van der Waals surface area contributed by atoms with Crippen molar-refractivity contribution in [1.82, 2.24) is 0 Å². The average molecular weight is 371 g/mol. The van der Waals surface area contributed by atoms with Crippen LogP contribution in [0.3, 0.4) is 0 Å². The van der Waals surface area contributed by atoms with E-state index in [1.165, 1.54) is 96.3 Å². The van der Waals surface area contributed by atoms with Gasteiger partial charge < -0.3 is 4.74 Å². The summed E-state index contributed by atoms with van der Waals surface area (Å²) in [6.07, 6.45) is 20.2. The Morgan fingerprint density at radius 3 is 1.76 bits per heavy atom. The van der Waals surface area contributed by atoms with E-state index in [2.05, 4.69) is 27.7 Å². The van der Waals surface area contributed by atoms with Gasteiger partial charge >= 0.3 is 0 Å². The van der Waals surface area contributed by atoms with Gasteiger partial charge in [0.2, 0.25) is 0 Å². The molecule has 0 aromatic carbocycles. The summed E-state index contributed by atoms with van der Waals surface area (Å²) in [4.78, 5) is 0. The van der Waals surface area contributed by atoms with Crippen LogP contribution in [0.4, 0.5) is 0 Å². The van der Waals surface area contributed by atoms with Crippen LogP contribution in [0.5, 0.6) is 0 Å². The van der Waals surface area contributed by atoms with E-state index in [0.29, 0.717) is 11.8 Å². The van der Waals surface area contributed by atoms with Gasteiger partial charge in [-0.3, -0.25) is 0 Å². The van der Waals surface area contributed by atoms with Gasteiger partial charge in [-0.2, -0.15) is 0 Å². The number of hydrogen-bond acceptors (Lipinski definition) is 2. The second kappa shape index (κ2) is 18.7. The first-order chi connectivity index (χ1) is 12.2. The molecule has 0 aliphatic rings. The molecule has 25 heavy (non-hydrogen) atoms. The Morgan fingerprint density at radius 1 is 0.720 bits per heavy atom. The third-order valence-corrected chi connectivity index (χ3v) is 5.92. The standard InChI is InChI=1S/C23H46OS/c1-5-8-10-11-12-13-14-15-16-17-18-21(4)23(25)24-20-22(7-3)19-9-6-2/h21-22H,5-20H2,1-4H3. The van der Waals surface area contributed by atoms with Gasteiger partial charge in [0.25, 0.3) is 0 Å². The Morgan fingerprint density at radius 2 is 1.24 bits per heavy atom. The van der Waals surface area contributed by atoms with Crippen molar-refractivity contribution in [2.75, 3.05) is 6.61 Å². The number of unbranched alkanes of at least 4 members (excludes halogenated alkanes) is 10. The molecule has 0 fully saturated rings. The summed E-state index contributed by atoms with van der Waals surface area (Å²) >= 11 is 5.50. The summed E-state index contributed by atoms with van der Waals surface area (Å²) in [5, 5.41) is 0.853. The molecule has 0 rings (SSSR count). The normalized spacial score (nSPS) is 13.6. The largest absolute Gasteiger partial charge is 0.486 e. The maximum absolute atomic E-state index is 5.93.